The van der Waals surface area contributed by atoms with Crippen LogP contribution in [0.5, 0.6) is 5.88 Å². The van der Waals surface area contributed by atoms with Gasteiger partial charge in [0.05, 0.1) is 0 Å². The molecule has 3 rings (SSSR count). The van der Waals surface area contributed by atoms with Crippen molar-refractivity contribution in [2.45, 2.75) is 13.0 Å². The molecule has 0 aromatic carbocycles. The number of nitrogens with zero attached hydrogens (tertiary/aromatic N) is 1. The molecule has 2 aromatic rings. The van der Waals surface area contributed by atoms with Crippen LogP contribution in [0.2, 0.25) is 0 Å². The molecule has 0 saturated carbocycles. The molecule has 3 heterocycles. The second-order valence-electron chi connectivity index (χ2n) is 3.92. The molecule has 2 aromatic heterocycles. The fourth-order valence-electron chi connectivity index (χ4n) is 1.69. The first kappa shape index (κ1) is 8.73. The third-order valence-electron chi connectivity index (χ3n) is 2.70. The molecule has 1 fully saturated rings. The van der Waals surface area contributed by atoms with Crippen molar-refractivity contribution in [2.24, 2.45) is 0 Å². The van der Waals surface area contributed by atoms with Crippen LogP contribution >= 0.6 is 0 Å². The zero-order chi connectivity index (χ0) is 10.3. The first-order chi connectivity index (χ1) is 7.33. The molecule has 0 aliphatic carbocycles. The minimum Gasteiger partial charge on any atom is -0.471 e. The summed E-state index contributed by atoms with van der Waals surface area (Å²) in [5.41, 5.74) is 1.98. The van der Waals surface area contributed by atoms with Crippen molar-refractivity contribution in [3.05, 3.63) is 23.9 Å². The number of hydrogen-bond donors (Lipinski definition) is 2. The summed E-state index contributed by atoms with van der Waals surface area (Å²) in [7, 11) is 0. The van der Waals surface area contributed by atoms with Gasteiger partial charge < -0.3 is 15.0 Å². The van der Waals surface area contributed by atoms with E-state index in [1.54, 1.807) is 0 Å². The zero-order valence-corrected chi connectivity index (χ0v) is 8.58. The fourth-order valence-corrected chi connectivity index (χ4v) is 1.69. The number of pyridine rings is 1. The number of hydrogen-bond acceptors (Lipinski definition) is 3. The van der Waals surface area contributed by atoms with Crippen molar-refractivity contribution in [3.63, 3.8) is 0 Å². The molecule has 0 amide bonds. The molecule has 0 radical (unpaired) electrons. The van der Waals surface area contributed by atoms with Crippen molar-refractivity contribution in [1.82, 2.24) is 15.3 Å². The maximum absolute atomic E-state index is 5.76. The van der Waals surface area contributed by atoms with E-state index in [1.807, 2.05) is 19.2 Å². The molecule has 2 N–H and O–H groups in total. The highest BCUT2D eigenvalue weighted by atomic mass is 16.5. The summed E-state index contributed by atoms with van der Waals surface area (Å²) in [6.07, 6.45) is 2.18. The average molecular weight is 203 g/mol. The van der Waals surface area contributed by atoms with Crippen molar-refractivity contribution >= 4 is 11.0 Å². The van der Waals surface area contributed by atoms with Gasteiger partial charge in [-0.25, -0.2) is 0 Å². The summed E-state index contributed by atoms with van der Waals surface area (Å²) in [5, 5.41) is 4.30. The van der Waals surface area contributed by atoms with Gasteiger partial charge in [-0.3, -0.25) is 0 Å². The van der Waals surface area contributed by atoms with Gasteiger partial charge in [0.15, 0.2) is 0 Å². The molecule has 4 heteroatoms. The van der Waals surface area contributed by atoms with Crippen LogP contribution in [0.4, 0.5) is 0 Å². The largest absolute Gasteiger partial charge is 0.471 e. The Bertz CT molecular complexity index is 488. The molecule has 0 unspecified atom stereocenters. The SMILES string of the molecule is Cc1cc2cc[nH]c2nc1OC1CNC1. The Morgan fingerprint density at radius 2 is 2.33 bits per heavy atom. The van der Waals surface area contributed by atoms with Gasteiger partial charge in [-0.15, -0.1) is 0 Å². The molecule has 15 heavy (non-hydrogen) atoms. The second kappa shape index (κ2) is 3.24. The van der Waals surface area contributed by atoms with Crippen LogP contribution in [0, 0.1) is 6.92 Å². The number of ether oxygens (including phenoxy) is 1. The van der Waals surface area contributed by atoms with E-state index in [4.69, 9.17) is 4.74 Å². The number of aryl methyl sites for hydroxylation is 1. The summed E-state index contributed by atoms with van der Waals surface area (Å²) in [6.45, 7) is 3.87. The van der Waals surface area contributed by atoms with E-state index in [2.05, 4.69) is 21.4 Å². The Morgan fingerprint density at radius 3 is 3.07 bits per heavy atom. The van der Waals surface area contributed by atoms with Gasteiger partial charge in [-0.2, -0.15) is 4.98 Å². The van der Waals surface area contributed by atoms with Crippen LogP contribution in [-0.4, -0.2) is 29.2 Å². The van der Waals surface area contributed by atoms with Crippen LogP contribution in [0.1, 0.15) is 5.56 Å². The van der Waals surface area contributed by atoms with Crippen molar-refractivity contribution in [1.29, 1.82) is 0 Å². The van der Waals surface area contributed by atoms with E-state index >= 15 is 0 Å². The number of aromatic amines is 1. The number of fused-ring (bicyclic) bond motifs is 1. The predicted molar refractivity (Wildman–Crippen MR) is 58.1 cm³/mol. The smallest absolute Gasteiger partial charge is 0.218 e. The van der Waals surface area contributed by atoms with Crippen molar-refractivity contribution in [3.8, 4) is 5.88 Å². The molecular weight excluding hydrogens is 190 g/mol. The first-order valence-electron chi connectivity index (χ1n) is 5.15. The number of H-pyrrole nitrogens is 1. The first-order valence-corrected chi connectivity index (χ1v) is 5.15. The monoisotopic (exact) mass is 203 g/mol. The molecular formula is C11H13N3O. The van der Waals surface area contributed by atoms with Gasteiger partial charge in [-0.05, 0) is 19.1 Å². The molecule has 0 spiro atoms. The van der Waals surface area contributed by atoms with Gasteiger partial charge in [0.25, 0.3) is 0 Å². The van der Waals surface area contributed by atoms with Crippen LogP contribution in [0.3, 0.4) is 0 Å². The Hall–Kier alpha value is -1.55. The summed E-state index contributed by atoms with van der Waals surface area (Å²) in [5.74, 6) is 0.747. The number of aromatic nitrogens is 2. The van der Waals surface area contributed by atoms with Crippen molar-refractivity contribution in [2.75, 3.05) is 13.1 Å². The van der Waals surface area contributed by atoms with E-state index in [1.165, 1.54) is 0 Å². The molecule has 1 aliphatic rings. The number of rotatable bonds is 2. The Labute approximate surface area is 87.7 Å². The van der Waals surface area contributed by atoms with Gasteiger partial charge >= 0.3 is 0 Å². The summed E-state index contributed by atoms with van der Waals surface area (Å²) >= 11 is 0. The van der Waals surface area contributed by atoms with Crippen molar-refractivity contribution < 1.29 is 4.74 Å². The average Bonchev–Trinajstić information content (AvgIpc) is 2.58. The van der Waals surface area contributed by atoms with E-state index in [0.717, 1.165) is 35.6 Å². The molecule has 1 saturated heterocycles. The lowest BCUT2D eigenvalue weighted by Crippen LogP contribution is -2.50. The molecule has 78 valence electrons. The predicted octanol–water partition coefficient (Wildman–Crippen LogP) is 1.22. The highest BCUT2D eigenvalue weighted by Crippen LogP contribution is 2.21. The van der Waals surface area contributed by atoms with E-state index in [9.17, 15) is 0 Å². The maximum Gasteiger partial charge on any atom is 0.218 e. The Kier molecular flexibility index (Phi) is 1.89. The molecule has 0 bridgehead atoms. The van der Waals surface area contributed by atoms with Crippen LogP contribution in [0.15, 0.2) is 18.3 Å². The van der Waals surface area contributed by atoms with Gasteiger partial charge in [0.2, 0.25) is 5.88 Å². The second-order valence-corrected chi connectivity index (χ2v) is 3.92. The van der Waals surface area contributed by atoms with Crippen LogP contribution < -0.4 is 10.1 Å². The van der Waals surface area contributed by atoms with E-state index < -0.39 is 0 Å². The third-order valence-corrected chi connectivity index (χ3v) is 2.70. The molecule has 0 atom stereocenters. The lowest BCUT2D eigenvalue weighted by Gasteiger charge is -2.27. The molecule has 4 nitrogen and oxygen atoms in total. The quantitative estimate of drug-likeness (QED) is 0.771. The van der Waals surface area contributed by atoms with E-state index in [-0.39, 0.29) is 6.10 Å². The normalized spacial score (nSPS) is 16.6. The topological polar surface area (TPSA) is 49.9 Å². The van der Waals surface area contributed by atoms with E-state index in [0.29, 0.717) is 0 Å². The summed E-state index contributed by atoms with van der Waals surface area (Å²) < 4.78 is 5.76. The minimum atomic E-state index is 0.281. The zero-order valence-electron chi connectivity index (χ0n) is 8.58. The van der Waals surface area contributed by atoms with Crippen LogP contribution in [-0.2, 0) is 0 Å². The highest BCUT2D eigenvalue weighted by Gasteiger charge is 2.20. The third kappa shape index (κ3) is 1.47. The molecule has 1 aliphatic heterocycles. The summed E-state index contributed by atoms with van der Waals surface area (Å²) in [6, 6.07) is 4.12. The standard InChI is InChI=1S/C11H13N3O/c1-7-4-8-2-3-13-10(8)14-11(7)15-9-5-12-6-9/h2-4,9,12H,5-6H2,1H3,(H,13,14). The lowest BCUT2D eigenvalue weighted by molar-refractivity contribution is 0.135. The fraction of sp³-hybridized carbons (Fsp3) is 0.364. The highest BCUT2D eigenvalue weighted by molar-refractivity contribution is 5.76. The lowest BCUT2D eigenvalue weighted by atomic mass is 10.2. The Morgan fingerprint density at radius 1 is 1.47 bits per heavy atom. The van der Waals surface area contributed by atoms with Gasteiger partial charge in [-0.1, -0.05) is 0 Å². The Balaban J connectivity index is 1.97. The van der Waals surface area contributed by atoms with Gasteiger partial charge in [0, 0.05) is 30.2 Å². The maximum atomic E-state index is 5.76. The summed E-state index contributed by atoms with van der Waals surface area (Å²) in [4.78, 5) is 7.54. The van der Waals surface area contributed by atoms with Gasteiger partial charge in [0.1, 0.15) is 11.8 Å². The van der Waals surface area contributed by atoms with Crippen LogP contribution in [0.25, 0.3) is 11.0 Å². The number of nitrogens with one attached hydrogen (secondary N) is 2. The minimum absolute atomic E-state index is 0.281.